The van der Waals surface area contributed by atoms with Crippen LogP contribution in [0, 0.1) is 0 Å². The summed E-state index contributed by atoms with van der Waals surface area (Å²) in [6.45, 7) is 1.37. The summed E-state index contributed by atoms with van der Waals surface area (Å²) >= 11 is 0. The van der Waals surface area contributed by atoms with Gasteiger partial charge < -0.3 is 14.9 Å². The predicted molar refractivity (Wildman–Crippen MR) is 78.9 cm³/mol. The van der Waals surface area contributed by atoms with Crippen molar-refractivity contribution in [3.05, 3.63) is 35.7 Å². The Kier molecular flexibility index (Phi) is 4.70. The number of rotatable bonds is 4. The van der Waals surface area contributed by atoms with E-state index in [0.717, 1.165) is 12.5 Å². The fraction of sp³-hybridized carbons (Fsp3) is 0.400. The summed E-state index contributed by atoms with van der Waals surface area (Å²) in [4.78, 5) is 31.2. The van der Waals surface area contributed by atoms with E-state index >= 15 is 0 Å². The van der Waals surface area contributed by atoms with Gasteiger partial charge in [0, 0.05) is 37.0 Å². The number of likely N-dealkylation sites (tertiary alicyclic amines) is 1. The molecular formula is C15H19N3O3. The van der Waals surface area contributed by atoms with E-state index in [1.807, 2.05) is 14.1 Å². The van der Waals surface area contributed by atoms with Gasteiger partial charge in [0.2, 0.25) is 0 Å². The zero-order chi connectivity index (χ0) is 15.4. The molecule has 21 heavy (non-hydrogen) atoms. The molecule has 0 bridgehead atoms. The molecule has 1 fully saturated rings. The fourth-order valence-electron chi connectivity index (χ4n) is 2.39. The molecule has 0 spiro atoms. The van der Waals surface area contributed by atoms with Crippen LogP contribution in [0.1, 0.15) is 22.5 Å². The Labute approximate surface area is 123 Å². The van der Waals surface area contributed by atoms with Crippen LogP contribution >= 0.6 is 0 Å². The number of aliphatic carboxylic acids is 1. The van der Waals surface area contributed by atoms with Gasteiger partial charge in [-0.2, -0.15) is 0 Å². The fourth-order valence-corrected chi connectivity index (χ4v) is 2.39. The molecule has 0 aromatic carbocycles. The highest BCUT2D eigenvalue weighted by atomic mass is 16.4. The zero-order valence-corrected chi connectivity index (χ0v) is 12.2. The molecule has 112 valence electrons. The third kappa shape index (κ3) is 3.66. The lowest BCUT2D eigenvalue weighted by Gasteiger charge is -2.20. The number of aromatic nitrogens is 1. The average Bonchev–Trinajstić information content (AvgIpc) is 2.94. The first kappa shape index (κ1) is 15.2. The lowest BCUT2D eigenvalue weighted by molar-refractivity contribution is -0.131. The van der Waals surface area contributed by atoms with Crippen molar-refractivity contribution >= 4 is 18.0 Å². The third-order valence-electron chi connectivity index (χ3n) is 3.63. The molecule has 6 nitrogen and oxygen atoms in total. The van der Waals surface area contributed by atoms with E-state index in [0.29, 0.717) is 30.4 Å². The van der Waals surface area contributed by atoms with Gasteiger partial charge in [-0.3, -0.25) is 9.78 Å². The molecule has 1 unspecified atom stereocenters. The SMILES string of the molecule is CN(C)C1CCN(C(=O)c2ncccc2/C=C/C(=O)O)C1. The van der Waals surface area contributed by atoms with E-state index in [1.54, 1.807) is 23.2 Å². The Balaban J connectivity index is 2.18. The standard InChI is InChI=1S/C15H19N3O3/c1-17(2)12-7-9-18(10-12)15(21)14-11(4-3-8-16-14)5-6-13(19)20/h3-6,8,12H,7,9-10H2,1-2H3,(H,19,20)/b6-5+. The number of carboxylic acid groups (broad SMARTS) is 1. The molecule has 0 radical (unpaired) electrons. The van der Waals surface area contributed by atoms with Crippen LogP contribution in [0.3, 0.4) is 0 Å². The van der Waals surface area contributed by atoms with Crippen LogP contribution in [0.4, 0.5) is 0 Å². The van der Waals surface area contributed by atoms with Gasteiger partial charge in [0.15, 0.2) is 0 Å². The van der Waals surface area contributed by atoms with Crippen LogP contribution in [0.15, 0.2) is 24.4 Å². The molecule has 1 aromatic heterocycles. The normalized spacial score (nSPS) is 18.6. The van der Waals surface area contributed by atoms with Gasteiger partial charge in [-0.1, -0.05) is 6.07 Å². The lowest BCUT2D eigenvalue weighted by atomic mass is 10.1. The molecule has 6 heteroatoms. The number of hydrogen-bond acceptors (Lipinski definition) is 4. The monoisotopic (exact) mass is 289 g/mol. The minimum Gasteiger partial charge on any atom is -0.478 e. The molecular weight excluding hydrogens is 270 g/mol. The van der Waals surface area contributed by atoms with E-state index in [1.165, 1.54) is 6.08 Å². The zero-order valence-electron chi connectivity index (χ0n) is 12.2. The van der Waals surface area contributed by atoms with Crippen LogP contribution in [0.2, 0.25) is 0 Å². The van der Waals surface area contributed by atoms with Crippen molar-refractivity contribution in [2.24, 2.45) is 0 Å². The van der Waals surface area contributed by atoms with E-state index < -0.39 is 5.97 Å². The first-order valence-electron chi connectivity index (χ1n) is 6.80. The summed E-state index contributed by atoms with van der Waals surface area (Å²) in [7, 11) is 4.00. The summed E-state index contributed by atoms with van der Waals surface area (Å²) in [5.74, 6) is -1.20. The molecule has 0 saturated carbocycles. The van der Waals surface area contributed by atoms with Crippen molar-refractivity contribution in [2.45, 2.75) is 12.5 Å². The average molecular weight is 289 g/mol. The van der Waals surface area contributed by atoms with Gasteiger partial charge >= 0.3 is 5.97 Å². The van der Waals surface area contributed by atoms with E-state index in [2.05, 4.69) is 9.88 Å². The van der Waals surface area contributed by atoms with Crippen molar-refractivity contribution < 1.29 is 14.7 Å². The minimum absolute atomic E-state index is 0.148. The summed E-state index contributed by atoms with van der Waals surface area (Å²) in [5, 5.41) is 8.70. The van der Waals surface area contributed by atoms with E-state index in [9.17, 15) is 9.59 Å². The number of hydrogen-bond donors (Lipinski definition) is 1. The number of amides is 1. The van der Waals surface area contributed by atoms with Crippen LogP contribution in [0.5, 0.6) is 0 Å². The number of carbonyl (C=O) groups excluding carboxylic acids is 1. The summed E-state index contributed by atoms with van der Waals surface area (Å²) in [6, 6.07) is 3.74. The molecule has 2 rings (SSSR count). The van der Waals surface area contributed by atoms with Crippen LogP contribution in [-0.2, 0) is 4.79 Å². The maximum absolute atomic E-state index is 12.5. The van der Waals surface area contributed by atoms with Crippen LogP contribution < -0.4 is 0 Å². The van der Waals surface area contributed by atoms with Crippen molar-refractivity contribution in [1.82, 2.24) is 14.8 Å². The van der Waals surface area contributed by atoms with Gasteiger partial charge in [-0.25, -0.2) is 4.79 Å². The first-order chi connectivity index (χ1) is 9.99. The van der Waals surface area contributed by atoms with Crippen molar-refractivity contribution in [3.63, 3.8) is 0 Å². The highest BCUT2D eigenvalue weighted by molar-refractivity contribution is 5.97. The molecule has 1 atom stereocenters. The summed E-state index contributed by atoms with van der Waals surface area (Å²) in [5.41, 5.74) is 0.826. The minimum atomic E-state index is -1.05. The quantitative estimate of drug-likeness (QED) is 0.836. The van der Waals surface area contributed by atoms with E-state index in [-0.39, 0.29) is 5.91 Å². The second kappa shape index (κ2) is 6.49. The molecule has 2 heterocycles. The third-order valence-corrected chi connectivity index (χ3v) is 3.63. The first-order valence-corrected chi connectivity index (χ1v) is 6.80. The molecule has 1 saturated heterocycles. The lowest BCUT2D eigenvalue weighted by Crippen LogP contribution is -2.35. The van der Waals surface area contributed by atoms with Gasteiger partial charge in [-0.15, -0.1) is 0 Å². The van der Waals surface area contributed by atoms with Gasteiger partial charge in [0.25, 0.3) is 5.91 Å². The summed E-state index contributed by atoms with van der Waals surface area (Å²) in [6.07, 6.45) is 4.90. The summed E-state index contributed by atoms with van der Waals surface area (Å²) < 4.78 is 0. The van der Waals surface area contributed by atoms with E-state index in [4.69, 9.17) is 5.11 Å². The van der Waals surface area contributed by atoms with Gasteiger partial charge in [0.05, 0.1) is 0 Å². The number of carboxylic acids is 1. The van der Waals surface area contributed by atoms with Crippen molar-refractivity contribution in [1.29, 1.82) is 0 Å². The molecule has 1 aromatic rings. The van der Waals surface area contributed by atoms with Crippen molar-refractivity contribution in [3.8, 4) is 0 Å². The smallest absolute Gasteiger partial charge is 0.328 e. The Hall–Kier alpha value is -2.21. The molecule has 1 amide bonds. The second-order valence-electron chi connectivity index (χ2n) is 5.27. The molecule has 1 aliphatic rings. The Morgan fingerprint density at radius 3 is 2.86 bits per heavy atom. The van der Waals surface area contributed by atoms with Crippen LogP contribution in [-0.4, -0.2) is 65.0 Å². The Morgan fingerprint density at radius 2 is 2.24 bits per heavy atom. The molecule has 0 aliphatic carbocycles. The van der Waals surface area contributed by atoms with Gasteiger partial charge in [0.1, 0.15) is 5.69 Å². The number of pyridine rings is 1. The van der Waals surface area contributed by atoms with Crippen molar-refractivity contribution in [2.75, 3.05) is 27.2 Å². The topological polar surface area (TPSA) is 73.7 Å². The predicted octanol–water partition coefficient (Wildman–Crippen LogP) is 0.955. The Morgan fingerprint density at radius 1 is 1.48 bits per heavy atom. The number of nitrogens with zero attached hydrogens (tertiary/aromatic N) is 3. The Bertz CT molecular complexity index is 569. The highest BCUT2D eigenvalue weighted by Crippen LogP contribution is 2.18. The maximum atomic E-state index is 12.5. The second-order valence-corrected chi connectivity index (χ2v) is 5.27. The molecule has 1 aliphatic heterocycles. The highest BCUT2D eigenvalue weighted by Gasteiger charge is 2.29. The number of likely N-dealkylation sites (N-methyl/N-ethyl adjacent to an activating group) is 1. The van der Waals surface area contributed by atoms with Crippen LogP contribution in [0.25, 0.3) is 6.08 Å². The maximum Gasteiger partial charge on any atom is 0.328 e. The van der Waals surface area contributed by atoms with Gasteiger partial charge in [-0.05, 0) is 32.7 Å². The molecule has 1 N–H and O–H groups in total. The largest absolute Gasteiger partial charge is 0.478 e. The number of carbonyl (C=O) groups is 2.